The van der Waals surface area contributed by atoms with Gasteiger partial charge >= 0.3 is 51.4 Å². The van der Waals surface area contributed by atoms with Crippen LogP contribution in [0.25, 0.3) is 0 Å². The predicted molar refractivity (Wildman–Crippen MR) is 37.7 cm³/mol. The minimum atomic E-state index is -4.06. The minimum Gasteiger partial charge on any atom is -0.748 e. The Morgan fingerprint density at radius 3 is 2.27 bits per heavy atom. The van der Waals surface area contributed by atoms with Crippen LogP contribution in [0.1, 0.15) is 13.8 Å². The summed E-state index contributed by atoms with van der Waals surface area (Å²) < 4.78 is 30.4. The average Bonchev–Trinajstić information content (AvgIpc) is 1.59. The third kappa shape index (κ3) is 11.5. The summed E-state index contributed by atoms with van der Waals surface area (Å²) in [5.74, 6) is -0.332. The van der Waals surface area contributed by atoms with E-state index >= 15 is 0 Å². The number of hydrogen-bond acceptors (Lipinski definition) is 4. The van der Waals surface area contributed by atoms with Gasteiger partial charge < -0.3 is 9.87 Å². The Kier molecular flexibility index (Phi) is 9.49. The van der Waals surface area contributed by atoms with E-state index in [1.165, 1.54) is 0 Å². The van der Waals surface area contributed by atoms with Gasteiger partial charge in [-0.25, -0.2) is 8.42 Å². The van der Waals surface area contributed by atoms with Crippen molar-refractivity contribution in [3.05, 3.63) is 0 Å². The summed E-state index contributed by atoms with van der Waals surface area (Å²) in [6.07, 6.45) is 0. The van der Waals surface area contributed by atoms with Crippen LogP contribution in [0.5, 0.6) is 0 Å². The predicted octanol–water partition coefficient (Wildman–Crippen LogP) is -3.47. The molecule has 1 unspecified atom stereocenters. The van der Waals surface area contributed by atoms with Gasteiger partial charge in [-0.3, -0.25) is 0 Å². The summed E-state index contributed by atoms with van der Waals surface area (Å²) in [7, 11) is -4.06. The van der Waals surface area contributed by atoms with Crippen LogP contribution in [0.2, 0.25) is 0 Å². The molecule has 0 bridgehead atoms. The average molecular weight is 205 g/mol. The molecule has 0 aliphatic heterocycles. The van der Waals surface area contributed by atoms with Crippen LogP contribution in [0.4, 0.5) is 0 Å². The summed E-state index contributed by atoms with van der Waals surface area (Å²) in [6, 6.07) is -0.243. The molecular weight excluding hydrogens is 193 g/mol. The maximum Gasteiger partial charge on any atom is 1.00 e. The SMILES string of the molecule is CCNC(C)CS(=O)(=O)[O-].[K+]. The van der Waals surface area contributed by atoms with Crippen LogP contribution >= 0.6 is 0 Å². The molecule has 6 heteroatoms. The molecule has 0 spiro atoms. The zero-order chi connectivity index (χ0) is 8.20. The molecular formula is C5H12KNO3S. The van der Waals surface area contributed by atoms with E-state index in [-0.39, 0.29) is 63.2 Å². The number of rotatable bonds is 4. The van der Waals surface area contributed by atoms with Crippen molar-refractivity contribution in [2.24, 2.45) is 0 Å². The van der Waals surface area contributed by atoms with Gasteiger partial charge in [0.05, 0.1) is 15.9 Å². The standard InChI is InChI=1S/C5H13NO3S.K/c1-3-6-5(2)4-10(7,8)9;/h5-6H,3-4H2,1-2H3,(H,7,8,9);/q;+1/p-1. The quantitative estimate of drug-likeness (QED) is 0.382. The molecule has 0 amide bonds. The Hall–Kier alpha value is 1.51. The molecule has 0 saturated carbocycles. The molecule has 1 atom stereocenters. The van der Waals surface area contributed by atoms with Crippen molar-refractivity contribution < 1.29 is 64.4 Å². The van der Waals surface area contributed by atoms with Crippen molar-refractivity contribution in [1.82, 2.24) is 5.32 Å². The van der Waals surface area contributed by atoms with Gasteiger partial charge in [0.15, 0.2) is 0 Å². The maximum absolute atomic E-state index is 10.1. The third-order valence-corrected chi connectivity index (χ3v) is 1.91. The summed E-state index contributed by atoms with van der Waals surface area (Å²) in [5, 5.41) is 2.82. The molecule has 0 aliphatic carbocycles. The topological polar surface area (TPSA) is 69.2 Å². The summed E-state index contributed by atoms with van der Waals surface area (Å²) in [5.41, 5.74) is 0. The zero-order valence-electron chi connectivity index (χ0n) is 7.12. The van der Waals surface area contributed by atoms with Crippen LogP contribution in [-0.4, -0.2) is 31.3 Å². The van der Waals surface area contributed by atoms with E-state index in [9.17, 15) is 13.0 Å². The van der Waals surface area contributed by atoms with E-state index < -0.39 is 10.1 Å². The normalized spacial score (nSPS) is 13.7. The molecule has 0 aromatic carbocycles. The van der Waals surface area contributed by atoms with Crippen molar-refractivity contribution in [1.29, 1.82) is 0 Å². The van der Waals surface area contributed by atoms with Gasteiger partial charge in [-0.2, -0.15) is 0 Å². The van der Waals surface area contributed by atoms with Crippen LogP contribution in [0.15, 0.2) is 0 Å². The van der Waals surface area contributed by atoms with Crippen molar-refractivity contribution in [2.45, 2.75) is 19.9 Å². The largest absolute Gasteiger partial charge is 1.00 e. The molecule has 62 valence electrons. The summed E-state index contributed by atoms with van der Waals surface area (Å²) >= 11 is 0. The fourth-order valence-corrected chi connectivity index (χ4v) is 1.44. The van der Waals surface area contributed by atoms with E-state index in [1.807, 2.05) is 6.92 Å². The van der Waals surface area contributed by atoms with E-state index in [2.05, 4.69) is 5.32 Å². The van der Waals surface area contributed by atoms with Gasteiger partial charge in [-0.05, 0) is 13.5 Å². The maximum atomic E-state index is 10.1. The number of hydrogen-bond donors (Lipinski definition) is 1. The van der Waals surface area contributed by atoms with Crippen LogP contribution in [0.3, 0.4) is 0 Å². The molecule has 0 rings (SSSR count). The van der Waals surface area contributed by atoms with Crippen LogP contribution in [0, 0.1) is 0 Å². The molecule has 1 N–H and O–H groups in total. The second kappa shape index (κ2) is 6.96. The Morgan fingerprint density at radius 2 is 2.00 bits per heavy atom. The van der Waals surface area contributed by atoms with Gasteiger partial charge in [-0.1, -0.05) is 6.92 Å². The first kappa shape index (κ1) is 15.0. The Labute approximate surface area is 110 Å². The molecule has 0 fully saturated rings. The second-order valence-corrected chi connectivity index (χ2v) is 3.63. The molecule has 0 radical (unpaired) electrons. The van der Waals surface area contributed by atoms with E-state index in [4.69, 9.17) is 0 Å². The van der Waals surface area contributed by atoms with Crippen LogP contribution in [-0.2, 0) is 10.1 Å². The van der Waals surface area contributed by atoms with Crippen molar-refractivity contribution in [3.8, 4) is 0 Å². The van der Waals surface area contributed by atoms with Gasteiger partial charge in [0.25, 0.3) is 0 Å². The second-order valence-electron chi connectivity index (χ2n) is 2.18. The molecule has 0 heterocycles. The molecule has 0 saturated heterocycles. The molecule has 11 heavy (non-hydrogen) atoms. The van der Waals surface area contributed by atoms with Crippen molar-refractivity contribution in [3.63, 3.8) is 0 Å². The number of nitrogens with one attached hydrogen (secondary N) is 1. The van der Waals surface area contributed by atoms with Gasteiger partial charge in [0, 0.05) is 6.04 Å². The first-order valence-electron chi connectivity index (χ1n) is 3.12. The van der Waals surface area contributed by atoms with Crippen LogP contribution < -0.4 is 56.7 Å². The Bertz CT molecular complexity index is 180. The smallest absolute Gasteiger partial charge is 0.748 e. The van der Waals surface area contributed by atoms with Crippen molar-refractivity contribution >= 4 is 10.1 Å². The van der Waals surface area contributed by atoms with Gasteiger partial charge in [0.1, 0.15) is 0 Å². The first-order valence-corrected chi connectivity index (χ1v) is 4.70. The fraction of sp³-hybridized carbons (Fsp3) is 1.00. The van der Waals surface area contributed by atoms with E-state index in [0.29, 0.717) is 6.54 Å². The summed E-state index contributed by atoms with van der Waals surface area (Å²) in [4.78, 5) is 0. The minimum absolute atomic E-state index is 0. The van der Waals surface area contributed by atoms with Crippen molar-refractivity contribution in [2.75, 3.05) is 12.3 Å². The monoisotopic (exact) mass is 205 g/mol. The van der Waals surface area contributed by atoms with E-state index in [1.54, 1.807) is 6.92 Å². The van der Waals surface area contributed by atoms with Gasteiger partial charge in [0.2, 0.25) is 0 Å². The molecule has 0 aromatic rings. The fourth-order valence-electron chi connectivity index (χ4n) is 0.714. The first-order chi connectivity index (χ1) is 4.45. The molecule has 0 aromatic heterocycles. The third-order valence-electron chi connectivity index (χ3n) is 1.01. The summed E-state index contributed by atoms with van der Waals surface area (Å²) in [6.45, 7) is 4.20. The van der Waals surface area contributed by atoms with Gasteiger partial charge in [-0.15, -0.1) is 0 Å². The molecule has 4 nitrogen and oxygen atoms in total. The zero-order valence-corrected chi connectivity index (χ0v) is 11.1. The Balaban J connectivity index is 0. The Morgan fingerprint density at radius 1 is 1.55 bits per heavy atom. The molecule has 0 aliphatic rings. The van der Waals surface area contributed by atoms with E-state index in [0.717, 1.165) is 0 Å².